The number of benzene rings is 1. The third-order valence-corrected chi connectivity index (χ3v) is 2.46. The highest BCUT2D eigenvalue weighted by atomic mass is 16.5. The van der Waals surface area contributed by atoms with E-state index in [1.54, 1.807) is 24.3 Å². The van der Waals surface area contributed by atoms with Gasteiger partial charge in [0.05, 0.1) is 5.92 Å². The number of hydrogen-bond acceptors (Lipinski definition) is 3. The number of cyclic esters (lactones) is 1. The van der Waals surface area contributed by atoms with Crippen LogP contribution in [0, 0.1) is 0 Å². The summed E-state index contributed by atoms with van der Waals surface area (Å²) >= 11 is 0. The third-order valence-electron chi connectivity index (χ3n) is 2.46. The minimum atomic E-state index is -0.164. The minimum absolute atomic E-state index is 0.00121. The van der Waals surface area contributed by atoms with Crippen LogP contribution in [0.4, 0.5) is 0 Å². The molecule has 1 aromatic rings. The van der Waals surface area contributed by atoms with E-state index in [2.05, 4.69) is 0 Å². The first-order chi connectivity index (χ1) is 6.66. The van der Waals surface area contributed by atoms with Crippen LogP contribution in [-0.2, 0) is 9.53 Å². The molecule has 1 aromatic carbocycles. The van der Waals surface area contributed by atoms with Gasteiger partial charge < -0.3 is 9.84 Å². The lowest BCUT2D eigenvalue weighted by atomic mass is 9.96. The number of hydrogen-bond donors (Lipinski definition) is 1. The zero-order valence-corrected chi connectivity index (χ0v) is 7.93. The fraction of sp³-hybridized carbons (Fsp3) is 0.364. The van der Waals surface area contributed by atoms with Crippen LogP contribution in [-0.4, -0.2) is 17.2 Å². The van der Waals surface area contributed by atoms with E-state index in [-0.39, 0.29) is 23.7 Å². The molecule has 1 N–H and O–H groups in total. The van der Waals surface area contributed by atoms with E-state index in [4.69, 9.17) is 9.84 Å². The quantitative estimate of drug-likeness (QED) is 0.690. The number of carbonyl (C=O) groups is 1. The van der Waals surface area contributed by atoms with Crippen molar-refractivity contribution in [1.82, 2.24) is 0 Å². The Morgan fingerprint density at radius 3 is 2.50 bits per heavy atom. The largest absolute Gasteiger partial charge is 0.508 e. The van der Waals surface area contributed by atoms with E-state index >= 15 is 0 Å². The Kier molecular flexibility index (Phi) is 2.15. The third kappa shape index (κ3) is 1.58. The Morgan fingerprint density at radius 2 is 2.00 bits per heavy atom. The van der Waals surface area contributed by atoms with Crippen molar-refractivity contribution in [2.24, 2.45) is 0 Å². The Hall–Kier alpha value is -1.51. The van der Waals surface area contributed by atoms with Crippen molar-refractivity contribution in [2.45, 2.75) is 25.4 Å². The minimum Gasteiger partial charge on any atom is -0.508 e. The number of phenolic OH excluding ortho intramolecular Hbond substituents is 1. The summed E-state index contributed by atoms with van der Waals surface area (Å²) in [7, 11) is 0. The van der Waals surface area contributed by atoms with Crippen molar-refractivity contribution >= 4 is 5.97 Å². The Morgan fingerprint density at radius 1 is 1.36 bits per heavy atom. The van der Waals surface area contributed by atoms with E-state index in [0.29, 0.717) is 0 Å². The van der Waals surface area contributed by atoms with Crippen LogP contribution in [0.25, 0.3) is 0 Å². The molecule has 1 aliphatic heterocycles. The van der Waals surface area contributed by atoms with Crippen LogP contribution in [0.5, 0.6) is 5.75 Å². The van der Waals surface area contributed by atoms with Crippen LogP contribution in [0.1, 0.15) is 24.8 Å². The van der Waals surface area contributed by atoms with Gasteiger partial charge in [-0.05, 0) is 24.6 Å². The maximum absolute atomic E-state index is 11.4. The summed E-state index contributed by atoms with van der Waals surface area (Å²) in [5.41, 5.74) is 0.914. The molecular formula is C11H12O3. The molecule has 0 amide bonds. The molecule has 2 atom stereocenters. The Labute approximate surface area is 82.3 Å². The van der Waals surface area contributed by atoms with Gasteiger partial charge in [0.1, 0.15) is 11.9 Å². The van der Waals surface area contributed by atoms with E-state index < -0.39 is 0 Å². The number of aromatic hydroxyl groups is 1. The molecule has 74 valence electrons. The first-order valence-corrected chi connectivity index (χ1v) is 4.66. The highest BCUT2D eigenvalue weighted by molar-refractivity contribution is 5.80. The van der Waals surface area contributed by atoms with Gasteiger partial charge >= 0.3 is 5.97 Å². The van der Waals surface area contributed by atoms with Crippen LogP contribution in [0.2, 0.25) is 0 Å². The fourth-order valence-electron chi connectivity index (χ4n) is 1.74. The lowest BCUT2D eigenvalue weighted by Gasteiger charge is -2.04. The predicted molar refractivity (Wildman–Crippen MR) is 51.0 cm³/mol. The lowest BCUT2D eigenvalue weighted by molar-refractivity contribution is -0.141. The van der Waals surface area contributed by atoms with E-state index in [0.717, 1.165) is 12.0 Å². The van der Waals surface area contributed by atoms with Crippen molar-refractivity contribution in [3.05, 3.63) is 29.8 Å². The summed E-state index contributed by atoms with van der Waals surface area (Å²) in [5, 5.41) is 9.10. The van der Waals surface area contributed by atoms with Crippen molar-refractivity contribution < 1.29 is 14.6 Å². The molecule has 0 spiro atoms. The second-order valence-corrected chi connectivity index (χ2v) is 3.63. The van der Waals surface area contributed by atoms with E-state index in [9.17, 15) is 4.79 Å². The molecule has 2 rings (SSSR count). The topological polar surface area (TPSA) is 46.5 Å². The fourth-order valence-corrected chi connectivity index (χ4v) is 1.74. The highest BCUT2D eigenvalue weighted by Gasteiger charge is 2.32. The van der Waals surface area contributed by atoms with Gasteiger partial charge in [-0.15, -0.1) is 0 Å². The van der Waals surface area contributed by atoms with E-state index in [1.807, 2.05) is 6.92 Å². The van der Waals surface area contributed by atoms with Gasteiger partial charge in [0, 0.05) is 6.42 Å². The summed E-state index contributed by atoms with van der Waals surface area (Å²) in [6.45, 7) is 1.89. The highest BCUT2D eigenvalue weighted by Crippen LogP contribution is 2.31. The monoisotopic (exact) mass is 192 g/mol. The van der Waals surface area contributed by atoms with Crippen LogP contribution in [0.3, 0.4) is 0 Å². The van der Waals surface area contributed by atoms with Crippen molar-refractivity contribution in [3.63, 3.8) is 0 Å². The van der Waals surface area contributed by atoms with Crippen molar-refractivity contribution in [1.29, 1.82) is 0 Å². The van der Waals surface area contributed by atoms with Crippen LogP contribution in [0.15, 0.2) is 24.3 Å². The molecule has 3 nitrogen and oxygen atoms in total. The normalized spacial score (nSPS) is 26.2. The van der Waals surface area contributed by atoms with E-state index in [1.165, 1.54) is 0 Å². The number of rotatable bonds is 1. The number of esters is 1. The predicted octanol–water partition coefficient (Wildman–Crippen LogP) is 1.81. The maximum Gasteiger partial charge on any atom is 0.313 e. The molecule has 0 bridgehead atoms. The Bertz CT molecular complexity index is 342. The molecule has 0 aliphatic carbocycles. The molecule has 0 aromatic heterocycles. The molecule has 0 radical (unpaired) electrons. The summed E-state index contributed by atoms with van der Waals surface area (Å²) in [6, 6.07) is 6.70. The van der Waals surface area contributed by atoms with Gasteiger partial charge in [0.25, 0.3) is 0 Å². The zero-order valence-electron chi connectivity index (χ0n) is 7.93. The van der Waals surface area contributed by atoms with Gasteiger partial charge in [-0.1, -0.05) is 12.1 Å². The molecule has 1 saturated heterocycles. The van der Waals surface area contributed by atoms with Gasteiger partial charge in [-0.2, -0.15) is 0 Å². The SMILES string of the molecule is CC1CC(c2ccc(O)cc2)C(=O)O1. The van der Waals surface area contributed by atoms with Crippen molar-refractivity contribution in [3.8, 4) is 5.75 Å². The van der Waals surface area contributed by atoms with Gasteiger partial charge in [0.15, 0.2) is 0 Å². The molecule has 3 heteroatoms. The summed E-state index contributed by atoms with van der Waals surface area (Å²) in [5.74, 6) is -0.109. The van der Waals surface area contributed by atoms with Gasteiger partial charge in [-0.25, -0.2) is 0 Å². The van der Waals surface area contributed by atoms with Gasteiger partial charge in [0.2, 0.25) is 0 Å². The second-order valence-electron chi connectivity index (χ2n) is 3.63. The molecule has 1 aliphatic rings. The van der Waals surface area contributed by atoms with Crippen LogP contribution < -0.4 is 0 Å². The summed E-state index contributed by atoms with van der Waals surface area (Å²) in [4.78, 5) is 11.4. The molecule has 0 saturated carbocycles. The summed E-state index contributed by atoms with van der Waals surface area (Å²) in [6.07, 6.45) is 0.727. The average molecular weight is 192 g/mol. The molecular weight excluding hydrogens is 180 g/mol. The summed E-state index contributed by atoms with van der Waals surface area (Å²) < 4.78 is 5.06. The maximum atomic E-state index is 11.4. The second kappa shape index (κ2) is 3.33. The molecule has 14 heavy (non-hydrogen) atoms. The number of phenols is 1. The smallest absolute Gasteiger partial charge is 0.313 e. The first kappa shape index (κ1) is 9.06. The number of carbonyl (C=O) groups excluding carboxylic acids is 1. The molecule has 1 fully saturated rings. The lowest BCUT2D eigenvalue weighted by Crippen LogP contribution is -2.05. The number of ether oxygens (including phenoxy) is 1. The first-order valence-electron chi connectivity index (χ1n) is 4.66. The average Bonchev–Trinajstić information content (AvgIpc) is 2.47. The molecule has 1 heterocycles. The zero-order chi connectivity index (χ0) is 10.1. The van der Waals surface area contributed by atoms with Crippen LogP contribution >= 0.6 is 0 Å². The molecule has 2 unspecified atom stereocenters. The van der Waals surface area contributed by atoms with Gasteiger partial charge in [-0.3, -0.25) is 4.79 Å². The standard InChI is InChI=1S/C11H12O3/c1-7-6-10(11(13)14-7)8-2-4-9(12)5-3-8/h2-5,7,10,12H,6H2,1H3. The Balaban J connectivity index is 2.23. The van der Waals surface area contributed by atoms with Crippen molar-refractivity contribution in [2.75, 3.05) is 0 Å².